The Hall–Kier alpha value is -2.54. The standard InChI is InChI=1S/C13H11N5OS/c14-9-10-13(17-5-4-16-10)20-11(9)12(19)18-7-8-2-1-3-15-6-8/h1-6H,7,14H2,(H,18,19). The molecule has 3 rings (SSSR count). The number of hydrogen-bond acceptors (Lipinski definition) is 6. The molecule has 100 valence electrons. The Balaban J connectivity index is 1.81. The smallest absolute Gasteiger partial charge is 0.263 e. The number of anilines is 1. The van der Waals surface area contributed by atoms with Crippen LogP contribution in [0.4, 0.5) is 5.69 Å². The quantitative estimate of drug-likeness (QED) is 0.762. The minimum Gasteiger partial charge on any atom is -0.396 e. The summed E-state index contributed by atoms with van der Waals surface area (Å²) < 4.78 is 0. The summed E-state index contributed by atoms with van der Waals surface area (Å²) in [5.74, 6) is -0.226. The van der Waals surface area contributed by atoms with Crippen molar-refractivity contribution in [2.45, 2.75) is 6.54 Å². The fourth-order valence-electron chi connectivity index (χ4n) is 1.78. The van der Waals surface area contributed by atoms with E-state index < -0.39 is 0 Å². The molecule has 0 bridgehead atoms. The minimum atomic E-state index is -0.226. The second-order valence-corrected chi connectivity index (χ2v) is 5.10. The zero-order valence-electron chi connectivity index (χ0n) is 10.4. The molecule has 3 heterocycles. The molecule has 0 radical (unpaired) electrons. The summed E-state index contributed by atoms with van der Waals surface area (Å²) in [7, 11) is 0. The first kappa shape index (κ1) is 12.5. The van der Waals surface area contributed by atoms with Crippen molar-refractivity contribution >= 4 is 33.3 Å². The molecule has 0 aromatic carbocycles. The molecule has 1 amide bonds. The van der Waals surface area contributed by atoms with Gasteiger partial charge in [-0.1, -0.05) is 6.07 Å². The van der Waals surface area contributed by atoms with Crippen LogP contribution in [0, 0.1) is 0 Å². The summed E-state index contributed by atoms with van der Waals surface area (Å²) in [6, 6.07) is 3.72. The number of nitrogens with zero attached hydrogens (tertiary/aromatic N) is 3. The molecular formula is C13H11N5OS. The van der Waals surface area contributed by atoms with Crippen molar-refractivity contribution in [2.24, 2.45) is 0 Å². The molecule has 0 saturated carbocycles. The molecule has 3 aromatic heterocycles. The maximum absolute atomic E-state index is 12.2. The number of amides is 1. The first-order chi connectivity index (χ1) is 9.75. The third-order valence-electron chi connectivity index (χ3n) is 2.75. The van der Waals surface area contributed by atoms with E-state index in [0.717, 1.165) is 5.56 Å². The number of pyridine rings is 1. The highest BCUT2D eigenvalue weighted by molar-refractivity contribution is 7.21. The van der Waals surface area contributed by atoms with Crippen LogP contribution in [0.25, 0.3) is 10.3 Å². The number of carbonyl (C=O) groups is 1. The molecule has 0 aliphatic carbocycles. The van der Waals surface area contributed by atoms with Crippen molar-refractivity contribution in [1.29, 1.82) is 0 Å². The molecule has 0 aliphatic heterocycles. The van der Waals surface area contributed by atoms with Gasteiger partial charge in [-0.25, -0.2) is 9.97 Å². The Kier molecular flexibility index (Phi) is 3.26. The van der Waals surface area contributed by atoms with Crippen LogP contribution < -0.4 is 11.1 Å². The minimum absolute atomic E-state index is 0.226. The van der Waals surface area contributed by atoms with E-state index in [-0.39, 0.29) is 5.91 Å². The summed E-state index contributed by atoms with van der Waals surface area (Å²) in [5.41, 5.74) is 7.82. The van der Waals surface area contributed by atoms with Gasteiger partial charge in [-0.15, -0.1) is 11.3 Å². The number of nitrogen functional groups attached to an aromatic ring is 1. The molecule has 0 spiro atoms. The van der Waals surface area contributed by atoms with Crippen molar-refractivity contribution in [2.75, 3.05) is 5.73 Å². The Morgan fingerprint density at radius 1 is 1.30 bits per heavy atom. The van der Waals surface area contributed by atoms with Gasteiger partial charge in [-0.3, -0.25) is 9.78 Å². The van der Waals surface area contributed by atoms with Gasteiger partial charge in [0.15, 0.2) is 0 Å². The summed E-state index contributed by atoms with van der Waals surface area (Å²) in [6.07, 6.45) is 6.53. The third kappa shape index (κ3) is 2.30. The molecule has 20 heavy (non-hydrogen) atoms. The third-order valence-corrected chi connectivity index (χ3v) is 3.85. The maximum atomic E-state index is 12.2. The van der Waals surface area contributed by atoms with Gasteiger partial charge >= 0.3 is 0 Å². The van der Waals surface area contributed by atoms with E-state index in [1.54, 1.807) is 24.8 Å². The van der Waals surface area contributed by atoms with E-state index >= 15 is 0 Å². The largest absolute Gasteiger partial charge is 0.396 e. The number of carbonyl (C=O) groups excluding carboxylic acids is 1. The predicted octanol–water partition coefficient (Wildman–Crippen LogP) is 1.60. The average molecular weight is 285 g/mol. The van der Waals surface area contributed by atoms with Gasteiger partial charge in [-0.2, -0.15) is 0 Å². The molecule has 0 saturated heterocycles. The molecular weight excluding hydrogens is 274 g/mol. The number of nitrogens with one attached hydrogen (secondary N) is 1. The van der Waals surface area contributed by atoms with Crippen LogP contribution in [0.2, 0.25) is 0 Å². The van der Waals surface area contributed by atoms with E-state index in [4.69, 9.17) is 5.73 Å². The van der Waals surface area contributed by atoms with Gasteiger partial charge in [0, 0.05) is 31.3 Å². The molecule has 3 aromatic rings. The van der Waals surface area contributed by atoms with Crippen LogP contribution in [-0.2, 0) is 6.54 Å². The van der Waals surface area contributed by atoms with Gasteiger partial charge in [0.1, 0.15) is 15.2 Å². The SMILES string of the molecule is Nc1c(C(=O)NCc2cccnc2)sc2nccnc12. The van der Waals surface area contributed by atoms with Gasteiger partial charge in [0.05, 0.1) is 5.69 Å². The Morgan fingerprint density at radius 3 is 2.90 bits per heavy atom. The van der Waals surface area contributed by atoms with Crippen molar-refractivity contribution in [3.63, 3.8) is 0 Å². The Labute approximate surface area is 118 Å². The number of hydrogen-bond donors (Lipinski definition) is 2. The molecule has 0 aliphatic rings. The first-order valence-corrected chi connectivity index (χ1v) is 6.73. The summed E-state index contributed by atoms with van der Waals surface area (Å²) in [4.78, 5) is 25.5. The van der Waals surface area contributed by atoms with Crippen molar-refractivity contribution in [3.8, 4) is 0 Å². The molecule has 7 heteroatoms. The van der Waals surface area contributed by atoms with Gasteiger partial charge in [0.2, 0.25) is 0 Å². The lowest BCUT2D eigenvalue weighted by atomic mass is 10.3. The van der Waals surface area contributed by atoms with Crippen LogP contribution >= 0.6 is 11.3 Å². The number of fused-ring (bicyclic) bond motifs is 1. The van der Waals surface area contributed by atoms with Crippen LogP contribution in [0.5, 0.6) is 0 Å². The zero-order chi connectivity index (χ0) is 13.9. The summed E-state index contributed by atoms with van der Waals surface area (Å²) in [5, 5.41) is 2.81. The number of thiophene rings is 1. The van der Waals surface area contributed by atoms with E-state index in [1.165, 1.54) is 11.3 Å². The lowest BCUT2D eigenvalue weighted by Gasteiger charge is -2.03. The first-order valence-electron chi connectivity index (χ1n) is 5.92. The number of aromatic nitrogens is 3. The lowest BCUT2D eigenvalue weighted by molar-refractivity contribution is 0.0956. The second kappa shape index (κ2) is 5.22. The predicted molar refractivity (Wildman–Crippen MR) is 77.2 cm³/mol. The molecule has 6 nitrogen and oxygen atoms in total. The highest BCUT2D eigenvalue weighted by Crippen LogP contribution is 2.30. The average Bonchev–Trinajstić information content (AvgIpc) is 2.84. The van der Waals surface area contributed by atoms with E-state index in [1.807, 2.05) is 12.1 Å². The van der Waals surface area contributed by atoms with Crippen LogP contribution in [0.15, 0.2) is 36.9 Å². The second-order valence-electron chi connectivity index (χ2n) is 4.10. The fourth-order valence-corrected chi connectivity index (χ4v) is 2.72. The van der Waals surface area contributed by atoms with Crippen LogP contribution in [0.3, 0.4) is 0 Å². The number of rotatable bonds is 3. The zero-order valence-corrected chi connectivity index (χ0v) is 11.2. The summed E-state index contributed by atoms with van der Waals surface area (Å²) in [6.45, 7) is 0.404. The van der Waals surface area contributed by atoms with E-state index in [0.29, 0.717) is 27.5 Å². The van der Waals surface area contributed by atoms with Crippen LogP contribution in [0.1, 0.15) is 15.2 Å². The van der Waals surface area contributed by atoms with Crippen molar-refractivity contribution in [3.05, 3.63) is 47.4 Å². The van der Waals surface area contributed by atoms with Gasteiger partial charge < -0.3 is 11.1 Å². The topological polar surface area (TPSA) is 93.8 Å². The van der Waals surface area contributed by atoms with Crippen LogP contribution in [-0.4, -0.2) is 20.9 Å². The normalized spacial score (nSPS) is 10.6. The molecule has 3 N–H and O–H groups in total. The Bertz CT molecular complexity index is 756. The molecule has 0 unspecified atom stereocenters. The summed E-state index contributed by atoms with van der Waals surface area (Å²) >= 11 is 1.24. The Morgan fingerprint density at radius 2 is 2.15 bits per heavy atom. The monoisotopic (exact) mass is 285 g/mol. The lowest BCUT2D eigenvalue weighted by Crippen LogP contribution is -2.22. The van der Waals surface area contributed by atoms with Crippen molar-refractivity contribution in [1.82, 2.24) is 20.3 Å². The number of nitrogens with two attached hydrogens (primary N) is 1. The molecule has 0 atom stereocenters. The highest BCUT2D eigenvalue weighted by atomic mass is 32.1. The van der Waals surface area contributed by atoms with E-state index in [2.05, 4.69) is 20.3 Å². The highest BCUT2D eigenvalue weighted by Gasteiger charge is 2.17. The molecule has 0 fully saturated rings. The fraction of sp³-hybridized carbons (Fsp3) is 0.0769. The van der Waals surface area contributed by atoms with Gasteiger partial charge in [-0.05, 0) is 11.6 Å². The maximum Gasteiger partial charge on any atom is 0.263 e. The van der Waals surface area contributed by atoms with Gasteiger partial charge in [0.25, 0.3) is 5.91 Å². The van der Waals surface area contributed by atoms with Crippen molar-refractivity contribution < 1.29 is 4.79 Å². The van der Waals surface area contributed by atoms with E-state index in [9.17, 15) is 4.79 Å².